The Morgan fingerprint density at radius 1 is 1.00 bits per heavy atom. The zero-order chi connectivity index (χ0) is 11.0. The molecule has 0 aliphatic rings. The predicted octanol–water partition coefficient (Wildman–Crippen LogP) is 3.34. The van der Waals surface area contributed by atoms with E-state index in [0.29, 0.717) is 12.1 Å². The van der Waals surface area contributed by atoms with E-state index in [1.165, 1.54) is 6.07 Å². The highest BCUT2D eigenvalue weighted by Gasteiger charge is 2.58. The smallest absolute Gasteiger partial charge is 0.399 e. The van der Waals surface area contributed by atoms with Crippen molar-refractivity contribution in [3.05, 3.63) is 29.8 Å². The molecule has 0 heterocycles. The van der Waals surface area contributed by atoms with Crippen molar-refractivity contribution in [3.63, 3.8) is 0 Å². The number of hydrogen-bond acceptors (Lipinski definition) is 1. The zero-order valence-corrected chi connectivity index (χ0v) is 8.00. The highest BCUT2D eigenvalue weighted by atomic mass is 35.5. The lowest BCUT2D eigenvalue weighted by molar-refractivity contribution is -0.289. The van der Waals surface area contributed by atoms with Crippen LogP contribution in [0.15, 0.2) is 24.3 Å². The molecule has 1 rings (SSSR count). The number of alkyl halides is 5. The Hall–Kier alpha value is -1.04. The van der Waals surface area contributed by atoms with Crippen LogP contribution in [0.25, 0.3) is 0 Å². The van der Waals surface area contributed by atoms with E-state index in [-0.39, 0.29) is 18.1 Å². The molecule has 0 aromatic heterocycles. The van der Waals surface area contributed by atoms with Crippen LogP contribution in [0.5, 0.6) is 0 Å². The lowest BCUT2D eigenvalue weighted by Crippen LogP contribution is -2.33. The molecule has 0 saturated heterocycles. The molecule has 1 aromatic rings. The van der Waals surface area contributed by atoms with Crippen molar-refractivity contribution < 1.29 is 22.0 Å². The summed E-state index contributed by atoms with van der Waals surface area (Å²) in [4.78, 5) is 0. The van der Waals surface area contributed by atoms with Crippen molar-refractivity contribution in [1.82, 2.24) is 0 Å². The molecule has 0 bridgehead atoms. The number of hydrogen-bond donors (Lipinski definition) is 1. The monoisotopic (exact) mass is 247 g/mol. The third-order valence-corrected chi connectivity index (χ3v) is 1.61. The molecule has 0 aliphatic heterocycles. The second kappa shape index (κ2) is 4.22. The molecule has 15 heavy (non-hydrogen) atoms. The third kappa shape index (κ3) is 2.71. The number of benzene rings is 1. The first-order valence-electron chi connectivity index (χ1n) is 3.55. The van der Waals surface area contributed by atoms with Gasteiger partial charge in [0.2, 0.25) is 0 Å². The molecule has 0 aliphatic carbocycles. The Morgan fingerprint density at radius 2 is 1.53 bits per heavy atom. The van der Waals surface area contributed by atoms with Gasteiger partial charge in [0.15, 0.2) is 0 Å². The van der Waals surface area contributed by atoms with Gasteiger partial charge in [0.25, 0.3) is 0 Å². The van der Waals surface area contributed by atoms with Crippen molar-refractivity contribution in [3.8, 4) is 0 Å². The van der Waals surface area contributed by atoms with Gasteiger partial charge < -0.3 is 5.73 Å². The van der Waals surface area contributed by atoms with E-state index in [1.54, 1.807) is 0 Å². The van der Waals surface area contributed by atoms with Crippen LogP contribution in [0.4, 0.5) is 27.6 Å². The minimum Gasteiger partial charge on any atom is -0.399 e. The Morgan fingerprint density at radius 3 is 1.93 bits per heavy atom. The van der Waals surface area contributed by atoms with E-state index in [4.69, 9.17) is 5.73 Å². The van der Waals surface area contributed by atoms with Crippen LogP contribution >= 0.6 is 12.4 Å². The van der Waals surface area contributed by atoms with Crippen molar-refractivity contribution in [2.45, 2.75) is 12.1 Å². The summed E-state index contributed by atoms with van der Waals surface area (Å²) in [7, 11) is 0. The molecule has 7 heteroatoms. The molecule has 0 atom stereocenters. The van der Waals surface area contributed by atoms with Gasteiger partial charge in [-0.05, 0) is 12.1 Å². The molecule has 0 fully saturated rings. The van der Waals surface area contributed by atoms with Gasteiger partial charge in [0.05, 0.1) is 0 Å². The van der Waals surface area contributed by atoms with Crippen molar-refractivity contribution in [2.24, 2.45) is 0 Å². The van der Waals surface area contributed by atoms with Crippen LogP contribution in [-0.2, 0) is 5.92 Å². The largest absolute Gasteiger partial charge is 0.458 e. The Kier molecular flexibility index (Phi) is 3.93. The van der Waals surface area contributed by atoms with E-state index in [9.17, 15) is 22.0 Å². The zero-order valence-electron chi connectivity index (χ0n) is 7.18. The summed E-state index contributed by atoms with van der Waals surface area (Å²) in [5.74, 6) is -4.86. The summed E-state index contributed by atoms with van der Waals surface area (Å²) < 4.78 is 60.9. The average molecular weight is 248 g/mol. The first-order chi connectivity index (χ1) is 6.25. The molecule has 2 N–H and O–H groups in total. The fourth-order valence-electron chi connectivity index (χ4n) is 0.898. The predicted molar refractivity (Wildman–Crippen MR) is 48.1 cm³/mol. The van der Waals surface area contributed by atoms with E-state index in [0.717, 1.165) is 6.07 Å². The minimum absolute atomic E-state index is 0. The first-order valence-corrected chi connectivity index (χ1v) is 3.55. The summed E-state index contributed by atoms with van der Waals surface area (Å²) in [6.45, 7) is 0. The lowest BCUT2D eigenvalue weighted by Gasteiger charge is -2.19. The quantitative estimate of drug-likeness (QED) is 0.598. The van der Waals surface area contributed by atoms with Crippen LogP contribution in [0, 0.1) is 0 Å². The fraction of sp³-hybridized carbons (Fsp3) is 0.250. The number of halogens is 6. The SMILES string of the molecule is Cl.Nc1cccc(C(F)(F)C(F)(F)F)c1. The molecule has 1 aromatic carbocycles. The van der Waals surface area contributed by atoms with Gasteiger partial charge in [-0.3, -0.25) is 0 Å². The van der Waals surface area contributed by atoms with Crippen LogP contribution in [0.3, 0.4) is 0 Å². The summed E-state index contributed by atoms with van der Waals surface area (Å²) in [6.07, 6.45) is -5.60. The molecule has 0 amide bonds. The highest BCUT2D eigenvalue weighted by molar-refractivity contribution is 5.85. The first kappa shape index (κ1) is 14.0. The summed E-state index contributed by atoms with van der Waals surface area (Å²) in [6, 6.07) is 3.57. The fourth-order valence-corrected chi connectivity index (χ4v) is 0.898. The maximum Gasteiger partial charge on any atom is 0.458 e. The number of anilines is 1. The van der Waals surface area contributed by atoms with Crippen LogP contribution in [-0.4, -0.2) is 6.18 Å². The minimum atomic E-state index is -5.60. The molecule has 86 valence electrons. The highest BCUT2D eigenvalue weighted by Crippen LogP contribution is 2.43. The maximum absolute atomic E-state index is 12.7. The summed E-state index contributed by atoms with van der Waals surface area (Å²) in [5, 5.41) is 0. The van der Waals surface area contributed by atoms with E-state index >= 15 is 0 Å². The van der Waals surface area contributed by atoms with E-state index in [1.807, 2.05) is 0 Å². The van der Waals surface area contributed by atoms with Gasteiger partial charge in [-0.25, -0.2) is 0 Å². The van der Waals surface area contributed by atoms with Crippen LogP contribution < -0.4 is 5.73 Å². The molecule has 0 radical (unpaired) electrons. The average Bonchev–Trinajstić information content (AvgIpc) is 2.02. The molecular weight excluding hydrogens is 241 g/mol. The second-order valence-corrected chi connectivity index (χ2v) is 2.70. The molecule has 0 spiro atoms. The summed E-state index contributed by atoms with van der Waals surface area (Å²) >= 11 is 0. The van der Waals surface area contributed by atoms with Crippen molar-refractivity contribution in [1.29, 1.82) is 0 Å². The normalized spacial score (nSPS) is 12.1. The van der Waals surface area contributed by atoms with Crippen molar-refractivity contribution >= 4 is 18.1 Å². The number of nitrogen functional groups attached to an aromatic ring is 1. The Balaban J connectivity index is 0.00000196. The lowest BCUT2D eigenvalue weighted by atomic mass is 10.1. The van der Waals surface area contributed by atoms with Crippen molar-refractivity contribution in [2.75, 3.05) is 5.73 Å². The second-order valence-electron chi connectivity index (χ2n) is 2.70. The standard InChI is InChI=1S/C8H6F5N.ClH/c9-7(10,8(11,12)13)5-2-1-3-6(14)4-5;/h1-4H,14H2;1H. The molecule has 0 saturated carbocycles. The molecule has 1 nitrogen and oxygen atoms in total. The summed E-state index contributed by atoms with van der Waals surface area (Å²) in [5.41, 5.74) is 3.82. The van der Waals surface area contributed by atoms with Crippen LogP contribution in [0.1, 0.15) is 5.56 Å². The van der Waals surface area contributed by atoms with E-state index in [2.05, 4.69) is 0 Å². The number of rotatable bonds is 1. The van der Waals surface area contributed by atoms with Gasteiger partial charge in [-0.1, -0.05) is 12.1 Å². The van der Waals surface area contributed by atoms with Gasteiger partial charge in [0, 0.05) is 11.3 Å². The topological polar surface area (TPSA) is 26.0 Å². The van der Waals surface area contributed by atoms with Gasteiger partial charge in [0.1, 0.15) is 0 Å². The van der Waals surface area contributed by atoms with Gasteiger partial charge in [-0.2, -0.15) is 22.0 Å². The van der Waals surface area contributed by atoms with Gasteiger partial charge in [-0.15, -0.1) is 12.4 Å². The van der Waals surface area contributed by atoms with Crippen LogP contribution in [0.2, 0.25) is 0 Å². The molecular formula is C8H7ClF5N. The maximum atomic E-state index is 12.7. The Labute approximate surface area is 88.5 Å². The van der Waals surface area contributed by atoms with E-state index < -0.39 is 17.7 Å². The Bertz CT molecular complexity index is 336. The number of nitrogens with two attached hydrogens (primary N) is 1. The van der Waals surface area contributed by atoms with Gasteiger partial charge >= 0.3 is 12.1 Å². The third-order valence-electron chi connectivity index (χ3n) is 1.61. The molecule has 0 unspecified atom stereocenters.